The summed E-state index contributed by atoms with van der Waals surface area (Å²) < 4.78 is 41.1. The van der Waals surface area contributed by atoms with Gasteiger partial charge in [-0.15, -0.1) is 0 Å². The summed E-state index contributed by atoms with van der Waals surface area (Å²) in [7, 11) is 0. The van der Waals surface area contributed by atoms with E-state index in [0.29, 0.717) is 39.2 Å². The lowest BCUT2D eigenvalue weighted by molar-refractivity contribution is -0.137. The van der Waals surface area contributed by atoms with Crippen molar-refractivity contribution in [2.45, 2.75) is 58.7 Å². The maximum absolute atomic E-state index is 13.1. The average Bonchev–Trinajstić information content (AvgIpc) is 3.28. The fourth-order valence-corrected chi connectivity index (χ4v) is 4.97. The minimum atomic E-state index is -4.54. The molecule has 2 heterocycles. The van der Waals surface area contributed by atoms with E-state index in [1.54, 1.807) is 18.2 Å². The van der Waals surface area contributed by atoms with Gasteiger partial charge in [0.2, 0.25) is 0 Å². The number of carbonyl (C=O) groups is 1. The van der Waals surface area contributed by atoms with Crippen LogP contribution in [-0.4, -0.2) is 25.7 Å². The molecule has 0 aliphatic heterocycles. The van der Waals surface area contributed by atoms with E-state index >= 15 is 0 Å². The first-order valence-corrected chi connectivity index (χ1v) is 13.0. The van der Waals surface area contributed by atoms with Crippen LogP contribution in [0.5, 0.6) is 0 Å². The van der Waals surface area contributed by atoms with Gasteiger partial charge in [0.05, 0.1) is 17.0 Å². The summed E-state index contributed by atoms with van der Waals surface area (Å²) in [6.45, 7) is 6.43. The van der Waals surface area contributed by atoms with Crippen LogP contribution in [0.15, 0.2) is 48.8 Å². The largest absolute Gasteiger partial charge is 0.416 e. The number of hydrogen-bond acceptors (Lipinski definition) is 5. The number of nitrogens with one attached hydrogen (secondary N) is 1. The molecule has 1 saturated carbocycles. The lowest BCUT2D eigenvalue weighted by Crippen LogP contribution is -2.24. The van der Waals surface area contributed by atoms with Crippen molar-refractivity contribution in [1.82, 2.24) is 19.7 Å². The maximum Gasteiger partial charge on any atom is 0.416 e. The molecule has 10 heteroatoms. The highest BCUT2D eigenvalue weighted by Gasteiger charge is 2.31. The molecule has 1 aliphatic carbocycles. The molecule has 1 aliphatic rings. The Kier molecular flexibility index (Phi) is 7.00. The zero-order valence-electron chi connectivity index (χ0n) is 22.4. The summed E-state index contributed by atoms with van der Waals surface area (Å²) in [4.78, 5) is 21.3. The second kappa shape index (κ2) is 10.3. The normalized spacial score (nSPS) is 15.4. The Morgan fingerprint density at radius 1 is 1.10 bits per heavy atom. The minimum Gasteiger partial charge on any atom is -0.383 e. The molecule has 1 fully saturated rings. The molecule has 0 unspecified atom stereocenters. The number of carbonyl (C=O) groups excluding carboxylic acids is 1. The van der Waals surface area contributed by atoms with Gasteiger partial charge < -0.3 is 11.1 Å². The van der Waals surface area contributed by atoms with Crippen molar-refractivity contribution in [1.29, 1.82) is 0 Å². The Bertz CT molecular complexity index is 1650. The van der Waals surface area contributed by atoms with Gasteiger partial charge in [0.15, 0.2) is 5.65 Å². The van der Waals surface area contributed by atoms with Gasteiger partial charge in [-0.1, -0.05) is 31.9 Å². The standard InChI is InChI=1S/C30H29F3N6O/c1-18-7-9-22(37-28(40)20-5-4-6-21(15-20)30(31,32)33)16-19(18)8-10-24-25-26(34)35-17-36-27(25)39(38-24)23-11-13-29(2,3)14-12-23/h4-7,9,15-17,23H,11-14H2,1-3H3,(H,37,40)(H2,34,35,36). The van der Waals surface area contributed by atoms with Crippen LogP contribution in [0.4, 0.5) is 24.7 Å². The third-order valence-corrected chi connectivity index (χ3v) is 7.44. The molecule has 5 rings (SSSR count). The van der Waals surface area contributed by atoms with Crippen molar-refractivity contribution < 1.29 is 18.0 Å². The van der Waals surface area contributed by atoms with Crippen LogP contribution in [0.2, 0.25) is 0 Å². The van der Waals surface area contributed by atoms with Crippen LogP contribution in [-0.2, 0) is 6.18 Å². The zero-order chi connectivity index (χ0) is 28.7. The van der Waals surface area contributed by atoms with E-state index in [4.69, 9.17) is 10.8 Å². The van der Waals surface area contributed by atoms with Gasteiger partial charge in [-0.25, -0.2) is 14.6 Å². The third kappa shape index (κ3) is 5.64. The van der Waals surface area contributed by atoms with E-state index in [1.807, 2.05) is 11.6 Å². The van der Waals surface area contributed by atoms with Crippen LogP contribution >= 0.6 is 0 Å². The van der Waals surface area contributed by atoms with Crippen LogP contribution in [0.3, 0.4) is 0 Å². The molecule has 0 spiro atoms. The Morgan fingerprint density at radius 2 is 1.85 bits per heavy atom. The van der Waals surface area contributed by atoms with Gasteiger partial charge in [0, 0.05) is 16.8 Å². The van der Waals surface area contributed by atoms with Crippen LogP contribution in [0, 0.1) is 24.2 Å². The van der Waals surface area contributed by atoms with Crippen molar-refractivity contribution in [3.8, 4) is 11.8 Å². The predicted octanol–water partition coefficient (Wildman–Crippen LogP) is 6.53. The second-order valence-corrected chi connectivity index (χ2v) is 11.0. The highest BCUT2D eigenvalue weighted by Crippen LogP contribution is 2.41. The summed E-state index contributed by atoms with van der Waals surface area (Å²) in [5, 5.41) is 8.07. The number of aryl methyl sites for hydroxylation is 1. The molecule has 2 aromatic carbocycles. The summed E-state index contributed by atoms with van der Waals surface area (Å²) in [5.41, 5.74) is 8.54. The fourth-order valence-electron chi connectivity index (χ4n) is 4.97. The number of rotatable bonds is 3. The average molecular weight is 547 g/mol. The maximum atomic E-state index is 13.1. The molecule has 0 radical (unpaired) electrons. The van der Waals surface area contributed by atoms with E-state index < -0.39 is 17.6 Å². The molecule has 4 aromatic rings. The van der Waals surface area contributed by atoms with Crippen molar-refractivity contribution >= 4 is 28.4 Å². The molecule has 40 heavy (non-hydrogen) atoms. The lowest BCUT2D eigenvalue weighted by atomic mass is 9.75. The number of fused-ring (bicyclic) bond motifs is 1. The number of alkyl halides is 3. The molecule has 0 atom stereocenters. The fraction of sp³-hybridized carbons (Fsp3) is 0.333. The first kappa shape index (κ1) is 27.2. The van der Waals surface area contributed by atoms with Crippen LogP contribution in [0.25, 0.3) is 11.0 Å². The van der Waals surface area contributed by atoms with Gasteiger partial charge in [-0.3, -0.25) is 4.79 Å². The van der Waals surface area contributed by atoms with Crippen molar-refractivity contribution in [2.75, 3.05) is 11.1 Å². The third-order valence-electron chi connectivity index (χ3n) is 7.44. The number of hydrogen-bond donors (Lipinski definition) is 2. The molecule has 206 valence electrons. The summed E-state index contributed by atoms with van der Waals surface area (Å²) in [5.74, 6) is 5.89. The van der Waals surface area contributed by atoms with Gasteiger partial charge in [0.25, 0.3) is 5.91 Å². The van der Waals surface area contributed by atoms with Crippen LogP contribution < -0.4 is 11.1 Å². The van der Waals surface area contributed by atoms with Gasteiger partial charge in [-0.2, -0.15) is 18.3 Å². The number of anilines is 2. The summed E-state index contributed by atoms with van der Waals surface area (Å²) in [6.07, 6.45) is 1.01. The molecule has 2 aromatic heterocycles. The SMILES string of the molecule is Cc1ccc(NC(=O)c2cccc(C(F)(F)F)c2)cc1C#Cc1nn(C2CCC(C)(C)CC2)c2ncnc(N)c12. The highest BCUT2D eigenvalue weighted by atomic mass is 19.4. The van der Waals surface area contributed by atoms with E-state index in [2.05, 4.69) is 41.0 Å². The van der Waals surface area contributed by atoms with Crippen molar-refractivity contribution in [2.24, 2.45) is 5.41 Å². The number of nitrogens with zero attached hydrogens (tertiary/aromatic N) is 4. The number of benzene rings is 2. The molecule has 3 N–H and O–H groups in total. The Balaban J connectivity index is 1.44. The lowest BCUT2D eigenvalue weighted by Gasteiger charge is -2.34. The highest BCUT2D eigenvalue weighted by molar-refractivity contribution is 6.04. The van der Waals surface area contributed by atoms with E-state index in [9.17, 15) is 18.0 Å². The van der Waals surface area contributed by atoms with Gasteiger partial charge in [0.1, 0.15) is 17.8 Å². The first-order chi connectivity index (χ1) is 18.9. The molecule has 1 amide bonds. The number of nitrogens with two attached hydrogens (primary N) is 1. The quantitative estimate of drug-likeness (QED) is 0.285. The molecular weight excluding hydrogens is 517 g/mol. The van der Waals surface area contributed by atoms with Gasteiger partial charge in [-0.05, 0) is 79.8 Å². The van der Waals surface area contributed by atoms with Crippen molar-refractivity contribution in [3.63, 3.8) is 0 Å². The Morgan fingerprint density at radius 3 is 2.58 bits per heavy atom. The number of aromatic nitrogens is 4. The number of amides is 1. The predicted molar refractivity (Wildman–Crippen MR) is 148 cm³/mol. The molecule has 0 saturated heterocycles. The van der Waals surface area contributed by atoms with Crippen LogP contribution in [0.1, 0.15) is 78.3 Å². The monoisotopic (exact) mass is 546 g/mol. The first-order valence-electron chi connectivity index (χ1n) is 13.0. The van der Waals surface area contributed by atoms with E-state index in [-0.39, 0.29) is 11.6 Å². The minimum absolute atomic E-state index is 0.0957. The van der Waals surface area contributed by atoms with E-state index in [0.717, 1.165) is 43.4 Å². The number of nitrogen functional groups attached to an aromatic ring is 1. The summed E-state index contributed by atoms with van der Waals surface area (Å²) >= 11 is 0. The topological polar surface area (TPSA) is 98.7 Å². The zero-order valence-corrected chi connectivity index (χ0v) is 22.4. The molecule has 0 bridgehead atoms. The molecular formula is C30H29F3N6O. The summed E-state index contributed by atoms with van der Waals surface area (Å²) in [6, 6.07) is 9.61. The van der Waals surface area contributed by atoms with E-state index in [1.165, 1.54) is 18.5 Å². The van der Waals surface area contributed by atoms with Gasteiger partial charge >= 0.3 is 6.18 Å². The Hall–Kier alpha value is -4.39. The molecule has 7 nitrogen and oxygen atoms in total. The number of halogens is 3. The van der Waals surface area contributed by atoms with Crippen molar-refractivity contribution in [3.05, 3.63) is 76.7 Å². The Labute approximate surface area is 230 Å². The smallest absolute Gasteiger partial charge is 0.383 e. The second-order valence-electron chi connectivity index (χ2n) is 11.0.